The van der Waals surface area contributed by atoms with Gasteiger partial charge in [0.25, 0.3) is 5.91 Å². The van der Waals surface area contributed by atoms with Crippen molar-refractivity contribution in [2.45, 2.75) is 71.8 Å². The van der Waals surface area contributed by atoms with E-state index in [1.807, 2.05) is 62.4 Å². The van der Waals surface area contributed by atoms with Gasteiger partial charge >= 0.3 is 5.97 Å². The highest BCUT2D eigenvalue weighted by molar-refractivity contribution is 5.99. The van der Waals surface area contributed by atoms with Crippen LogP contribution in [-0.4, -0.2) is 69.4 Å². The third-order valence-electron chi connectivity index (χ3n) is 6.49. The Bertz CT molecular complexity index is 1210. The number of rotatable bonds is 11. The maximum atomic E-state index is 13.8. The molecule has 0 spiro atoms. The quantitative estimate of drug-likeness (QED) is 0.416. The van der Waals surface area contributed by atoms with Crippen LogP contribution in [0.3, 0.4) is 0 Å². The Balaban J connectivity index is 1.92. The molecular weight excluding hydrogens is 510 g/mol. The van der Waals surface area contributed by atoms with Crippen LogP contribution in [0.5, 0.6) is 0 Å². The summed E-state index contributed by atoms with van der Waals surface area (Å²) in [4.78, 5) is 55.2. The topological polar surface area (TPSA) is 116 Å². The number of aliphatic hydroxyl groups excluding tert-OH is 1. The molecule has 0 aromatic heterocycles. The van der Waals surface area contributed by atoms with Crippen LogP contribution >= 0.6 is 0 Å². The van der Waals surface area contributed by atoms with Crippen LogP contribution in [0.25, 0.3) is 5.70 Å². The smallest absolute Gasteiger partial charge is 0.337 e. The lowest BCUT2D eigenvalue weighted by atomic mass is 9.97. The normalized spacial score (nSPS) is 16.9. The number of esters is 1. The van der Waals surface area contributed by atoms with Crippen LogP contribution in [0.1, 0.15) is 52.2 Å². The molecular formula is C31H39N3O6. The highest BCUT2D eigenvalue weighted by atomic mass is 16.6. The van der Waals surface area contributed by atoms with Crippen molar-refractivity contribution in [1.29, 1.82) is 0 Å². The van der Waals surface area contributed by atoms with Crippen LogP contribution in [0.15, 0.2) is 66.9 Å². The lowest BCUT2D eigenvalue weighted by Gasteiger charge is -2.39. The zero-order chi connectivity index (χ0) is 29.4. The second-order valence-electron chi connectivity index (χ2n) is 10.7. The van der Waals surface area contributed by atoms with E-state index in [-0.39, 0.29) is 30.7 Å². The zero-order valence-corrected chi connectivity index (χ0v) is 23.7. The molecule has 214 valence electrons. The Hall–Kier alpha value is -3.98. The number of nitrogens with one attached hydrogen (secondary N) is 1. The van der Waals surface area contributed by atoms with Gasteiger partial charge in [0.2, 0.25) is 11.8 Å². The van der Waals surface area contributed by atoms with E-state index in [1.165, 1.54) is 16.7 Å². The molecule has 1 heterocycles. The van der Waals surface area contributed by atoms with Crippen molar-refractivity contribution in [2.75, 3.05) is 6.54 Å². The standard InChI is InChI=1S/C31H39N3O6/c1-20(2)16-26-30(38)34(27(18-33(26)22(5)35)24-14-10-7-11-15-24)19-28(36)32-25(17-23-12-8-6-9-13-23)29(37)31(39)40-21(3)4/h6-15,18,20-21,25-26,29,37H,16-17,19H2,1-5H3,(H,32,36)/t25-,26?,29?/m0/s1. The van der Waals surface area contributed by atoms with Crippen molar-refractivity contribution >= 4 is 29.4 Å². The van der Waals surface area contributed by atoms with Crippen LogP contribution in [0.2, 0.25) is 0 Å². The van der Waals surface area contributed by atoms with Crippen molar-refractivity contribution in [2.24, 2.45) is 5.92 Å². The number of hydrogen-bond donors (Lipinski definition) is 2. The van der Waals surface area contributed by atoms with Gasteiger partial charge in [-0.3, -0.25) is 19.3 Å². The van der Waals surface area contributed by atoms with Gasteiger partial charge in [0.1, 0.15) is 12.6 Å². The first-order chi connectivity index (χ1) is 19.0. The summed E-state index contributed by atoms with van der Waals surface area (Å²) in [5.41, 5.74) is 1.88. The Morgan fingerprint density at radius 3 is 2.12 bits per heavy atom. The third-order valence-corrected chi connectivity index (χ3v) is 6.49. The summed E-state index contributed by atoms with van der Waals surface area (Å²) in [6.07, 6.45) is 0.155. The molecule has 3 amide bonds. The molecule has 0 saturated heterocycles. The molecule has 9 heteroatoms. The van der Waals surface area contributed by atoms with Gasteiger partial charge in [0.15, 0.2) is 6.10 Å². The maximum absolute atomic E-state index is 13.8. The molecule has 0 bridgehead atoms. The largest absolute Gasteiger partial charge is 0.461 e. The van der Waals surface area contributed by atoms with E-state index in [1.54, 1.807) is 32.2 Å². The van der Waals surface area contributed by atoms with Gasteiger partial charge in [-0.25, -0.2) is 4.79 Å². The molecule has 1 aliphatic heterocycles. The summed E-state index contributed by atoms with van der Waals surface area (Å²) in [7, 11) is 0. The second-order valence-corrected chi connectivity index (χ2v) is 10.7. The van der Waals surface area contributed by atoms with E-state index in [0.29, 0.717) is 17.7 Å². The third kappa shape index (κ3) is 8.02. The van der Waals surface area contributed by atoms with Crippen molar-refractivity contribution < 1.29 is 29.0 Å². The summed E-state index contributed by atoms with van der Waals surface area (Å²) < 4.78 is 5.19. The molecule has 2 aromatic rings. The van der Waals surface area contributed by atoms with Crippen LogP contribution < -0.4 is 5.32 Å². The van der Waals surface area contributed by atoms with E-state index in [0.717, 1.165) is 5.56 Å². The Labute approximate surface area is 235 Å². The highest BCUT2D eigenvalue weighted by Gasteiger charge is 2.39. The molecule has 1 aliphatic rings. The summed E-state index contributed by atoms with van der Waals surface area (Å²) in [6, 6.07) is 16.5. The van der Waals surface area contributed by atoms with Crippen molar-refractivity contribution in [1.82, 2.24) is 15.1 Å². The second kappa shape index (κ2) is 13.9. The number of carbonyl (C=O) groups excluding carboxylic acids is 4. The predicted molar refractivity (Wildman–Crippen MR) is 151 cm³/mol. The van der Waals surface area contributed by atoms with Crippen molar-refractivity contribution in [3.8, 4) is 0 Å². The van der Waals surface area contributed by atoms with E-state index < -0.39 is 36.2 Å². The van der Waals surface area contributed by atoms with Crippen molar-refractivity contribution in [3.05, 3.63) is 78.0 Å². The molecule has 0 aliphatic carbocycles. The van der Waals surface area contributed by atoms with Crippen LogP contribution in [-0.2, 0) is 30.3 Å². The van der Waals surface area contributed by atoms with Gasteiger partial charge < -0.3 is 20.1 Å². The minimum atomic E-state index is -1.62. The number of nitrogens with zero attached hydrogens (tertiary/aromatic N) is 2. The number of benzene rings is 2. The molecule has 3 atom stereocenters. The summed E-state index contributed by atoms with van der Waals surface area (Å²) >= 11 is 0. The van der Waals surface area contributed by atoms with Crippen molar-refractivity contribution in [3.63, 3.8) is 0 Å². The van der Waals surface area contributed by atoms with E-state index in [4.69, 9.17) is 4.74 Å². The minimum absolute atomic E-state index is 0.121. The molecule has 9 nitrogen and oxygen atoms in total. The average molecular weight is 550 g/mol. The average Bonchev–Trinajstić information content (AvgIpc) is 2.90. The molecule has 0 saturated carbocycles. The summed E-state index contributed by atoms with van der Waals surface area (Å²) in [5, 5.41) is 13.6. The maximum Gasteiger partial charge on any atom is 0.337 e. The first-order valence-corrected chi connectivity index (χ1v) is 13.6. The first kappa shape index (κ1) is 30.6. The Morgan fingerprint density at radius 1 is 0.975 bits per heavy atom. The molecule has 2 unspecified atom stereocenters. The fourth-order valence-electron chi connectivity index (χ4n) is 4.65. The lowest BCUT2D eigenvalue weighted by Crippen LogP contribution is -2.56. The molecule has 40 heavy (non-hydrogen) atoms. The van der Waals surface area contributed by atoms with Gasteiger partial charge in [-0.05, 0) is 43.7 Å². The number of amides is 3. The molecule has 0 radical (unpaired) electrons. The number of hydrogen-bond acceptors (Lipinski definition) is 6. The Kier molecular flexibility index (Phi) is 10.6. The SMILES string of the molecule is CC(=O)N1C=C(c2ccccc2)N(CC(=O)N[C@@H](Cc2ccccc2)C(O)C(=O)OC(C)C)C(=O)C1CC(C)C. The van der Waals surface area contributed by atoms with Gasteiger partial charge in [0, 0.05) is 13.1 Å². The van der Waals surface area contributed by atoms with E-state index in [9.17, 15) is 24.3 Å². The fourth-order valence-corrected chi connectivity index (χ4v) is 4.65. The molecule has 2 N–H and O–H groups in total. The van der Waals surface area contributed by atoms with E-state index >= 15 is 0 Å². The Morgan fingerprint density at radius 2 is 1.57 bits per heavy atom. The zero-order valence-electron chi connectivity index (χ0n) is 23.7. The highest BCUT2D eigenvalue weighted by Crippen LogP contribution is 2.29. The first-order valence-electron chi connectivity index (χ1n) is 13.6. The van der Waals surface area contributed by atoms with Gasteiger partial charge in [-0.2, -0.15) is 0 Å². The molecule has 2 aromatic carbocycles. The van der Waals surface area contributed by atoms with Crippen LogP contribution in [0.4, 0.5) is 0 Å². The molecule has 0 fully saturated rings. The predicted octanol–water partition coefficient (Wildman–Crippen LogP) is 3.13. The number of carbonyl (C=O) groups is 4. The van der Waals surface area contributed by atoms with Gasteiger partial charge in [-0.1, -0.05) is 74.5 Å². The van der Waals surface area contributed by atoms with Gasteiger partial charge in [0.05, 0.1) is 17.8 Å². The summed E-state index contributed by atoms with van der Waals surface area (Å²) in [6.45, 7) is 8.32. The monoisotopic (exact) mass is 549 g/mol. The number of aliphatic hydroxyl groups is 1. The summed E-state index contributed by atoms with van der Waals surface area (Å²) in [5.74, 6) is -1.93. The van der Waals surface area contributed by atoms with Gasteiger partial charge in [-0.15, -0.1) is 0 Å². The van der Waals surface area contributed by atoms with E-state index in [2.05, 4.69) is 5.32 Å². The van der Waals surface area contributed by atoms with Crippen LogP contribution in [0, 0.1) is 5.92 Å². The fraction of sp³-hybridized carbons (Fsp3) is 0.419. The lowest BCUT2D eigenvalue weighted by molar-refractivity contribution is -0.159. The molecule has 3 rings (SSSR count). The number of ether oxygens (including phenoxy) is 1. The minimum Gasteiger partial charge on any atom is -0.461 e.